The lowest BCUT2D eigenvalue weighted by Crippen LogP contribution is -1.92. The normalized spacial score (nSPS) is 10.7. The molecule has 2 aromatic rings. The number of ether oxygens (including phenoxy) is 1. The monoisotopic (exact) mass is 386 g/mol. The van der Waals surface area contributed by atoms with Gasteiger partial charge in [-0.05, 0) is 25.5 Å². The molecule has 3 nitrogen and oxygen atoms in total. The van der Waals surface area contributed by atoms with Crippen LogP contribution in [0.3, 0.4) is 0 Å². The molecule has 0 saturated heterocycles. The standard InChI is InChI=1S/C17H26N2OS.BrH/c1-4-6-7-8-9-12-21-17-18-15-13-14(20-5-2)10-11-16(15)19(17)3;/h10-11,13H,4-9,12H2,1-3H3;1H. The molecule has 124 valence electrons. The van der Waals surface area contributed by atoms with Crippen LogP contribution in [0.4, 0.5) is 0 Å². The van der Waals surface area contributed by atoms with Gasteiger partial charge in [0.25, 0.3) is 0 Å². The Morgan fingerprint density at radius 3 is 2.64 bits per heavy atom. The Hall–Kier alpha value is -0.680. The molecule has 0 aliphatic rings. The summed E-state index contributed by atoms with van der Waals surface area (Å²) in [6.07, 6.45) is 6.63. The molecule has 0 amide bonds. The second-order valence-corrected chi connectivity index (χ2v) is 6.36. The van der Waals surface area contributed by atoms with Crippen LogP contribution in [0.2, 0.25) is 0 Å². The summed E-state index contributed by atoms with van der Waals surface area (Å²) >= 11 is 1.86. The highest BCUT2D eigenvalue weighted by molar-refractivity contribution is 8.93. The van der Waals surface area contributed by atoms with Gasteiger partial charge >= 0.3 is 0 Å². The molecule has 5 heteroatoms. The Labute approximate surface area is 148 Å². The number of nitrogens with zero attached hydrogens (tertiary/aromatic N) is 2. The number of halogens is 1. The van der Waals surface area contributed by atoms with Crippen LogP contribution in [-0.2, 0) is 7.05 Å². The molecule has 1 aromatic heterocycles. The highest BCUT2D eigenvalue weighted by atomic mass is 79.9. The van der Waals surface area contributed by atoms with Crippen molar-refractivity contribution in [3.05, 3.63) is 18.2 Å². The number of rotatable bonds is 9. The smallest absolute Gasteiger partial charge is 0.168 e. The number of thioether (sulfide) groups is 1. The topological polar surface area (TPSA) is 27.1 Å². The van der Waals surface area contributed by atoms with Gasteiger partial charge in [0.05, 0.1) is 17.6 Å². The predicted molar refractivity (Wildman–Crippen MR) is 102 cm³/mol. The summed E-state index contributed by atoms with van der Waals surface area (Å²) in [7, 11) is 2.09. The number of imidazole rings is 1. The summed E-state index contributed by atoms with van der Waals surface area (Å²) in [5, 5.41) is 1.11. The van der Waals surface area contributed by atoms with Gasteiger partial charge in [0.1, 0.15) is 5.75 Å². The van der Waals surface area contributed by atoms with Gasteiger partial charge in [0.2, 0.25) is 0 Å². The van der Waals surface area contributed by atoms with Crippen LogP contribution in [-0.4, -0.2) is 21.9 Å². The molecule has 0 aliphatic heterocycles. The van der Waals surface area contributed by atoms with Crippen molar-refractivity contribution in [1.29, 1.82) is 0 Å². The minimum Gasteiger partial charge on any atom is -0.494 e. The quantitative estimate of drug-likeness (QED) is 0.413. The van der Waals surface area contributed by atoms with E-state index in [9.17, 15) is 0 Å². The number of benzene rings is 1. The molecule has 0 atom stereocenters. The summed E-state index contributed by atoms with van der Waals surface area (Å²) in [5.74, 6) is 2.05. The maximum Gasteiger partial charge on any atom is 0.168 e. The van der Waals surface area contributed by atoms with Gasteiger partial charge < -0.3 is 9.30 Å². The summed E-state index contributed by atoms with van der Waals surface area (Å²) in [6.45, 7) is 4.95. The minimum atomic E-state index is 0. The zero-order valence-electron chi connectivity index (χ0n) is 13.8. The average Bonchev–Trinajstić information content (AvgIpc) is 2.79. The van der Waals surface area contributed by atoms with E-state index < -0.39 is 0 Å². The molecule has 0 radical (unpaired) electrons. The van der Waals surface area contributed by atoms with Crippen molar-refractivity contribution in [3.8, 4) is 5.75 Å². The van der Waals surface area contributed by atoms with Crippen LogP contribution < -0.4 is 4.74 Å². The molecule has 0 bridgehead atoms. The van der Waals surface area contributed by atoms with Crippen molar-refractivity contribution in [1.82, 2.24) is 9.55 Å². The average molecular weight is 387 g/mol. The van der Waals surface area contributed by atoms with Crippen LogP contribution in [0.1, 0.15) is 46.0 Å². The van der Waals surface area contributed by atoms with Gasteiger partial charge in [-0.25, -0.2) is 4.98 Å². The van der Waals surface area contributed by atoms with E-state index in [0.717, 1.165) is 22.2 Å². The Balaban J connectivity index is 0.00000242. The van der Waals surface area contributed by atoms with Gasteiger partial charge in [0, 0.05) is 18.9 Å². The van der Waals surface area contributed by atoms with Crippen molar-refractivity contribution in [2.75, 3.05) is 12.4 Å². The van der Waals surface area contributed by atoms with E-state index in [-0.39, 0.29) is 17.0 Å². The van der Waals surface area contributed by atoms with Crippen molar-refractivity contribution in [2.45, 2.75) is 51.1 Å². The summed E-state index contributed by atoms with van der Waals surface area (Å²) in [4.78, 5) is 4.74. The lowest BCUT2D eigenvalue weighted by Gasteiger charge is -2.03. The Morgan fingerprint density at radius 2 is 1.91 bits per heavy atom. The van der Waals surface area contributed by atoms with Crippen LogP contribution >= 0.6 is 28.7 Å². The Kier molecular flexibility index (Phi) is 8.95. The van der Waals surface area contributed by atoms with E-state index >= 15 is 0 Å². The maximum absolute atomic E-state index is 5.54. The second kappa shape index (κ2) is 10.2. The molecule has 0 aliphatic carbocycles. The first-order chi connectivity index (χ1) is 10.3. The number of unbranched alkanes of at least 4 members (excludes halogenated alkanes) is 4. The minimum absolute atomic E-state index is 0. The van der Waals surface area contributed by atoms with E-state index in [1.807, 2.05) is 30.8 Å². The molecule has 2 rings (SSSR count). The zero-order valence-corrected chi connectivity index (χ0v) is 16.3. The fourth-order valence-corrected chi connectivity index (χ4v) is 3.40. The van der Waals surface area contributed by atoms with Crippen molar-refractivity contribution < 1.29 is 4.74 Å². The highest BCUT2D eigenvalue weighted by Gasteiger charge is 2.09. The summed E-state index contributed by atoms with van der Waals surface area (Å²) in [5.41, 5.74) is 2.20. The first kappa shape index (κ1) is 19.4. The third kappa shape index (κ3) is 5.20. The van der Waals surface area contributed by atoms with E-state index in [1.165, 1.54) is 37.6 Å². The van der Waals surface area contributed by atoms with Gasteiger partial charge in [-0.2, -0.15) is 0 Å². The zero-order chi connectivity index (χ0) is 15.1. The first-order valence-electron chi connectivity index (χ1n) is 7.98. The lowest BCUT2D eigenvalue weighted by molar-refractivity contribution is 0.340. The molecular formula is C17H27BrN2OS. The summed E-state index contributed by atoms with van der Waals surface area (Å²) in [6, 6.07) is 6.15. The number of hydrogen-bond donors (Lipinski definition) is 0. The SMILES string of the molecule is Br.CCCCCCCSc1nc2cc(OCC)ccc2n1C. The second-order valence-electron chi connectivity index (χ2n) is 5.30. The molecule has 0 saturated carbocycles. The number of aromatic nitrogens is 2. The molecule has 22 heavy (non-hydrogen) atoms. The fraction of sp³-hybridized carbons (Fsp3) is 0.588. The molecule has 0 fully saturated rings. The van der Waals surface area contributed by atoms with Crippen LogP contribution in [0.25, 0.3) is 11.0 Å². The van der Waals surface area contributed by atoms with Gasteiger partial charge in [-0.3, -0.25) is 0 Å². The molecule has 1 aromatic carbocycles. The Morgan fingerprint density at radius 1 is 1.14 bits per heavy atom. The molecule has 0 unspecified atom stereocenters. The highest BCUT2D eigenvalue weighted by Crippen LogP contribution is 2.26. The van der Waals surface area contributed by atoms with E-state index in [2.05, 4.69) is 24.6 Å². The van der Waals surface area contributed by atoms with Crippen molar-refractivity contribution in [2.24, 2.45) is 7.05 Å². The molecule has 0 N–H and O–H groups in total. The lowest BCUT2D eigenvalue weighted by atomic mass is 10.2. The number of hydrogen-bond acceptors (Lipinski definition) is 3. The predicted octanol–water partition coefficient (Wildman–Crippen LogP) is 5.61. The van der Waals surface area contributed by atoms with Crippen LogP contribution in [0, 0.1) is 0 Å². The van der Waals surface area contributed by atoms with E-state index in [0.29, 0.717) is 6.61 Å². The van der Waals surface area contributed by atoms with Crippen LogP contribution in [0.15, 0.2) is 23.4 Å². The van der Waals surface area contributed by atoms with Crippen LogP contribution in [0.5, 0.6) is 5.75 Å². The van der Waals surface area contributed by atoms with E-state index in [1.54, 1.807) is 0 Å². The third-order valence-corrected chi connectivity index (χ3v) is 4.72. The van der Waals surface area contributed by atoms with E-state index in [4.69, 9.17) is 9.72 Å². The first-order valence-corrected chi connectivity index (χ1v) is 8.97. The van der Waals surface area contributed by atoms with Gasteiger partial charge in [-0.15, -0.1) is 17.0 Å². The Bertz CT molecular complexity index is 571. The molecular weight excluding hydrogens is 360 g/mol. The molecule has 1 heterocycles. The molecule has 0 spiro atoms. The van der Waals surface area contributed by atoms with Crippen molar-refractivity contribution in [3.63, 3.8) is 0 Å². The maximum atomic E-state index is 5.54. The summed E-state index contributed by atoms with van der Waals surface area (Å²) < 4.78 is 7.73. The van der Waals surface area contributed by atoms with Gasteiger partial charge in [-0.1, -0.05) is 44.4 Å². The van der Waals surface area contributed by atoms with Gasteiger partial charge in [0.15, 0.2) is 5.16 Å². The van der Waals surface area contributed by atoms with Crippen molar-refractivity contribution >= 4 is 39.8 Å². The number of fused-ring (bicyclic) bond motifs is 1. The number of aryl methyl sites for hydroxylation is 1. The fourth-order valence-electron chi connectivity index (χ4n) is 2.41. The third-order valence-electron chi connectivity index (χ3n) is 3.60. The largest absolute Gasteiger partial charge is 0.494 e.